The number of aliphatic hydroxyl groups excluding tert-OH is 1. The van der Waals surface area contributed by atoms with E-state index in [4.69, 9.17) is 28.4 Å². The molecule has 1 unspecified atom stereocenters. The number of hydrogen-bond acceptors (Lipinski definition) is 15. The van der Waals surface area contributed by atoms with Crippen molar-refractivity contribution in [3.63, 3.8) is 0 Å². The zero-order chi connectivity index (χ0) is 61.5. The number of likely N-dealkylation sites (N-methyl/N-ethyl adjacent to an activating group) is 2. The summed E-state index contributed by atoms with van der Waals surface area (Å²) in [6.07, 6.45) is 0.233. The van der Waals surface area contributed by atoms with Crippen LogP contribution in [-0.2, 0) is 63.8 Å². The van der Waals surface area contributed by atoms with Crippen LogP contribution in [0.2, 0.25) is 0 Å². The van der Waals surface area contributed by atoms with Gasteiger partial charge in [0.05, 0.1) is 78.7 Å². The normalized spacial score (nSPS) is 18.6. The number of nitrogens with zero attached hydrogens (tertiary/aromatic N) is 3. The Morgan fingerprint density at radius 2 is 1.55 bits per heavy atom. The van der Waals surface area contributed by atoms with E-state index in [2.05, 4.69) is 42.5 Å². The molecule has 0 aliphatic carbocycles. The number of aliphatic hydroxyl groups is 1. The molecule has 23 nitrogen and oxygen atoms in total. The van der Waals surface area contributed by atoms with E-state index in [1.54, 1.807) is 88.7 Å². The molecule has 462 valence electrons. The van der Waals surface area contributed by atoms with E-state index in [0.29, 0.717) is 36.9 Å². The highest BCUT2D eigenvalue weighted by atomic mass is 79.9. The molecule has 1 fully saturated rings. The van der Waals surface area contributed by atoms with Gasteiger partial charge in [-0.3, -0.25) is 39.0 Å². The second-order valence-corrected chi connectivity index (χ2v) is 22.4. The molecule has 0 bridgehead atoms. The fraction of sp³-hybridized carbons (Fsp3) is 0.627. The molecule has 4 rings (SSSR count). The average Bonchev–Trinajstić information content (AvgIpc) is 4.15. The molecule has 1 saturated heterocycles. The molecule has 8 amide bonds. The number of hydrogen-bond donors (Lipinski definition) is 6. The Morgan fingerprint density at radius 3 is 2.19 bits per heavy atom. The largest absolute Gasteiger partial charge is 0.445 e. The predicted molar refractivity (Wildman–Crippen MR) is 315 cm³/mol. The SMILES string of the molecule is CC[C@H](C)[C@@H]([C@@H](CC(=O)N1CCC[C@H]1[C@H](OC)[C@@H](C)C(=O)N[C@H](C)[C@@H](O)c1ccccc1)OC)N(C)C(=O)[C@@H](NC(=O)[C@H](C(C)C)N(C)C(=O)OCc1ccc(NC(=O)OC2C=CCOCOC2)c(NC(=O)CCNC(=O)CBr)c1)C(C)C. The van der Waals surface area contributed by atoms with Crippen molar-refractivity contribution in [2.45, 2.75) is 149 Å². The molecule has 6 N–H and O–H groups in total. The topological polar surface area (TPSA) is 282 Å². The molecular weight excluding hydrogens is 1140 g/mol. The molecule has 2 aromatic carbocycles. The first kappa shape index (κ1) is 69.3. The van der Waals surface area contributed by atoms with E-state index in [1.165, 1.54) is 33.4 Å². The number of methoxy groups -OCH3 is 2. The van der Waals surface area contributed by atoms with Crippen molar-refractivity contribution in [1.29, 1.82) is 0 Å². The van der Waals surface area contributed by atoms with Gasteiger partial charge in [-0.1, -0.05) is 113 Å². The second-order valence-electron chi connectivity index (χ2n) is 21.8. The first-order valence-corrected chi connectivity index (χ1v) is 29.5. The summed E-state index contributed by atoms with van der Waals surface area (Å²) in [4.78, 5) is 113. The minimum atomic E-state index is -1.11. The number of nitrogens with one attached hydrogen (secondary N) is 5. The van der Waals surface area contributed by atoms with E-state index >= 15 is 0 Å². The van der Waals surface area contributed by atoms with Crippen LogP contribution in [-0.4, -0.2) is 183 Å². The number of alkyl halides is 1. The number of ether oxygens (including phenoxy) is 6. The maximum absolute atomic E-state index is 14.8. The molecule has 83 heavy (non-hydrogen) atoms. The minimum absolute atomic E-state index is 0.0282. The molecule has 0 aromatic heterocycles. The van der Waals surface area contributed by atoms with Gasteiger partial charge in [0.1, 0.15) is 31.6 Å². The van der Waals surface area contributed by atoms with Gasteiger partial charge in [0.15, 0.2) is 0 Å². The van der Waals surface area contributed by atoms with E-state index in [9.17, 15) is 43.5 Å². The molecule has 0 saturated carbocycles. The number of carbonyl (C=O) groups excluding carboxylic acids is 8. The molecule has 2 aliphatic rings. The molecule has 2 heterocycles. The van der Waals surface area contributed by atoms with Gasteiger partial charge >= 0.3 is 12.2 Å². The Balaban J connectivity index is 1.46. The summed E-state index contributed by atoms with van der Waals surface area (Å²) in [6.45, 7) is 15.0. The zero-order valence-electron chi connectivity index (χ0n) is 50.1. The Kier molecular flexibility index (Phi) is 28.9. The Labute approximate surface area is 497 Å². The average molecular weight is 1230 g/mol. The summed E-state index contributed by atoms with van der Waals surface area (Å²) >= 11 is 3.07. The summed E-state index contributed by atoms with van der Waals surface area (Å²) in [5.41, 5.74) is 1.37. The van der Waals surface area contributed by atoms with Gasteiger partial charge in [-0.15, -0.1) is 0 Å². The van der Waals surface area contributed by atoms with E-state index in [-0.39, 0.29) is 86.3 Å². The molecule has 0 radical (unpaired) electrons. The molecular formula is C59H89BrN8O15. The van der Waals surface area contributed by atoms with Crippen LogP contribution in [0.3, 0.4) is 0 Å². The van der Waals surface area contributed by atoms with Gasteiger partial charge < -0.3 is 64.6 Å². The number of amides is 8. The van der Waals surface area contributed by atoms with Crippen LogP contribution >= 0.6 is 15.9 Å². The van der Waals surface area contributed by atoms with Crippen molar-refractivity contribution < 1.29 is 71.9 Å². The van der Waals surface area contributed by atoms with Crippen molar-refractivity contribution in [3.05, 3.63) is 71.8 Å². The zero-order valence-corrected chi connectivity index (χ0v) is 51.7. The fourth-order valence-electron chi connectivity index (χ4n) is 10.4. The first-order chi connectivity index (χ1) is 39.5. The Bertz CT molecular complexity index is 2490. The van der Waals surface area contributed by atoms with Crippen molar-refractivity contribution in [2.24, 2.45) is 23.7 Å². The smallest absolute Gasteiger partial charge is 0.412 e. The number of halogens is 1. The van der Waals surface area contributed by atoms with E-state index in [1.807, 2.05) is 32.0 Å². The second kappa shape index (κ2) is 34.6. The molecule has 2 aromatic rings. The highest BCUT2D eigenvalue weighted by Crippen LogP contribution is 2.31. The summed E-state index contributed by atoms with van der Waals surface area (Å²) < 4.78 is 33.8. The van der Waals surface area contributed by atoms with Crippen LogP contribution < -0.4 is 26.6 Å². The molecule has 11 atom stereocenters. The van der Waals surface area contributed by atoms with Gasteiger partial charge in [-0.05, 0) is 66.9 Å². The van der Waals surface area contributed by atoms with Gasteiger partial charge in [-0.25, -0.2) is 9.59 Å². The number of likely N-dealkylation sites (tertiary alicyclic amines) is 1. The van der Waals surface area contributed by atoms with E-state index < -0.39 is 102 Å². The summed E-state index contributed by atoms with van der Waals surface area (Å²) in [5.74, 6) is -4.13. The third-order valence-corrected chi connectivity index (χ3v) is 15.6. The maximum atomic E-state index is 14.8. The predicted octanol–water partition coefficient (Wildman–Crippen LogP) is 5.90. The van der Waals surface area contributed by atoms with Crippen molar-refractivity contribution in [1.82, 2.24) is 30.7 Å². The lowest BCUT2D eigenvalue weighted by atomic mass is 9.89. The lowest BCUT2D eigenvalue weighted by Gasteiger charge is -2.41. The van der Waals surface area contributed by atoms with Crippen LogP contribution in [0.4, 0.5) is 21.0 Å². The van der Waals surface area contributed by atoms with Crippen LogP contribution in [0, 0.1) is 23.7 Å². The summed E-state index contributed by atoms with van der Waals surface area (Å²) in [5, 5.41) is 24.8. The molecule has 2 aliphatic heterocycles. The van der Waals surface area contributed by atoms with Gasteiger partial charge in [0, 0.05) is 47.8 Å². The van der Waals surface area contributed by atoms with Crippen LogP contribution in [0.5, 0.6) is 0 Å². The van der Waals surface area contributed by atoms with E-state index in [0.717, 1.165) is 4.90 Å². The number of rotatable bonds is 29. The maximum Gasteiger partial charge on any atom is 0.412 e. The van der Waals surface area contributed by atoms with Gasteiger partial charge in [0.25, 0.3) is 0 Å². The lowest BCUT2D eigenvalue weighted by Crippen LogP contribution is -2.60. The highest BCUT2D eigenvalue weighted by Gasteiger charge is 2.44. The molecule has 24 heteroatoms. The monoisotopic (exact) mass is 1230 g/mol. The third kappa shape index (κ3) is 20.5. The third-order valence-electron chi connectivity index (χ3n) is 15.1. The number of carbonyl (C=O) groups is 8. The van der Waals surface area contributed by atoms with Crippen molar-refractivity contribution >= 4 is 74.9 Å². The number of benzene rings is 2. The van der Waals surface area contributed by atoms with Crippen molar-refractivity contribution in [3.8, 4) is 0 Å². The summed E-state index contributed by atoms with van der Waals surface area (Å²) in [7, 11) is 6.07. The number of anilines is 2. The van der Waals surface area contributed by atoms with Crippen molar-refractivity contribution in [2.75, 3.05) is 77.4 Å². The Morgan fingerprint density at radius 1 is 0.843 bits per heavy atom. The van der Waals surface area contributed by atoms with Gasteiger partial charge in [0.2, 0.25) is 35.4 Å². The van der Waals surface area contributed by atoms with Gasteiger partial charge in [-0.2, -0.15) is 0 Å². The first-order valence-electron chi connectivity index (χ1n) is 28.4. The quantitative estimate of drug-likeness (QED) is 0.0409. The minimum Gasteiger partial charge on any atom is -0.445 e. The highest BCUT2D eigenvalue weighted by molar-refractivity contribution is 9.09. The lowest BCUT2D eigenvalue weighted by molar-refractivity contribution is -0.148. The van der Waals surface area contributed by atoms with Crippen LogP contribution in [0.15, 0.2) is 60.7 Å². The standard InChI is InChI=1S/C59H89BrN8O15/c1-13-37(6)52(46(78-11)30-49(71)68-27-17-22-45(68)54(79-12)38(7)55(73)62-39(8)53(72)41-19-15-14-16-20-41)66(9)57(75)50(35(2)3)65-56(74)51(36(4)5)67(10)59(77)82-32-40-23-24-43(44(29-40)63-47(69)25-26-61-48(70)31-60)64-58(76)83-42-21-18-28-80-34-81-33-42/h14-16,18-21,23-24,29,35-39,42,45-46,50-54,72H,13,17,22,25-28,30-34H2,1-12H3,(H,61,70)(H,62,73)(H,63,69)(H,64,76)(H,65,74)/t37-,38+,39+,42?,45-,46+,50-,51-,52-,53+,54+/m0/s1. The summed E-state index contributed by atoms with van der Waals surface area (Å²) in [6, 6.07) is 9.79. The van der Waals surface area contributed by atoms with Crippen LogP contribution in [0.1, 0.15) is 105 Å². The van der Waals surface area contributed by atoms with Crippen LogP contribution in [0.25, 0.3) is 0 Å². The fourth-order valence-corrected chi connectivity index (χ4v) is 10.6. The molecule has 0 spiro atoms. The Hall–Kier alpha value is -6.18.